The molecule has 0 aromatic heterocycles. The Kier molecular flexibility index (Phi) is 3.92. The Hall–Kier alpha value is -1.35. The molecule has 23 heavy (non-hydrogen) atoms. The van der Waals surface area contributed by atoms with E-state index in [4.69, 9.17) is 4.74 Å². The highest BCUT2D eigenvalue weighted by Gasteiger charge is 2.48. The minimum atomic E-state index is -0.157. The van der Waals surface area contributed by atoms with Gasteiger partial charge in [-0.25, -0.2) is 0 Å². The molecule has 124 valence electrons. The Morgan fingerprint density at radius 1 is 1.22 bits per heavy atom. The standard InChI is InChI=1S/C20H27NO2/c1-23-20(11-6-12-20)13-19(22)21-14-17(15-7-3-2-4-8-15)16-9-5-10-18(16)21/h2-4,7-8,16-18H,5-6,9-14H2,1H3. The van der Waals surface area contributed by atoms with Crippen LogP contribution in [0.5, 0.6) is 0 Å². The van der Waals surface area contributed by atoms with Gasteiger partial charge >= 0.3 is 0 Å². The normalized spacial score (nSPS) is 31.7. The van der Waals surface area contributed by atoms with Gasteiger partial charge in [-0.05, 0) is 43.6 Å². The van der Waals surface area contributed by atoms with Crippen LogP contribution in [0.25, 0.3) is 0 Å². The lowest BCUT2D eigenvalue weighted by molar-refractivity contribution is -0.145. The number of nitrogens with zero attached hydrogens (tertiary/aromatic N) is 1. The Morgan fingerprint density at radius 3 is 2.65 bits per heavy atom. The van der Waals surface area contributed by atoms with Crippen LogP contribution in [0.4, 0.5) is 0 Å². The van der Waals surface area contributed by atoms with Crippen LogP contribution < -0.4 is 0 Å². The highest BCUT2D eigenvalue weighted by Crippen LogP contribution is 2.47. The lowest BCUT2D eigenvalue weighted by atomic mass is 9.77. The molecule has 4 rings (SSSR count). The van der Waals surface area contributed by atoms with Gasteiger partial charge in [0, 0.05) is 25.6 Å². The Labute approximate surface area is 139 Å². The number of carbonyl (C=O) groups excluding carboxylic acids is 1. The summed E-state index contributed by atoms with van der Waals surface area (Å²) in [6, 6.07) is 11.2. The fourth-order valence-corrected chi connectivity index (χ4v) is 5.05. The molecule has 1 aliphatic heterocycles. The van der Waals surface area contributed by atoms with Crippen molar-refractivity contribution in [3.05, 3.63) is 35.9 Å². The van der Waals surface area contributed by atoms with Crippen LogP contribution in [0.2, 0.25) is 0 Å². The summed E-state index contributed by atoms with van der Waals surface area (Å²) in [5.41, 5.74) is 1.25. The van der Waals surface area contributed by atoms with Crippen LogP contribution in [-0.2, 0) is 9.53 Å². The maximum absolute atomic E-state index is 13.0. The highest BCUT2D eigenvalue weighted by molar-refractivity contribution is 5.78. The van der Waals surface area contributed by atoms with E-state index in [1.165, 1.54) is 31.2 Å². The van der Waals surface area contributed by atoms with Gasteiger partial charge in [0.2, 0.25) is 5.91 Å². The molecule has 2 aliphatic carbocycles. The average molecular weight is 313 g/mol. The Balaban J connectivity index is 1.52. The third kappa shape index (κ3) is 2.59. The van der Waals surface area contributed by atoms with Gasteiger partial charge in [0.05, 0.1) is 12.0 Å². The number of amides is 1. The first kappa shape index (κ1) is 15.2. The summed E-state index contributed by atoms with van der Waals surface area (Å²) in [6.07, 6.45) is 7.56. The van der Waals surface area contributed by atoms with Gasteiger partial charge in [-0.3, -0.25) is 4.79 Å². The molecule has 2 saturated carbocycles. The first-order valence-electron chi connectivity index (χ1n) is 9.12. The van der Waals surface area contributed by atoms with Crippen molar-refractivity contribution in [1.29, 1.82) is 0 Å². The van der Waals surface area contributed by atoms with Crippen molar-refractivity contribution in [2.75, 3.05) is 13.7 Å². The lowest BCUT2D eigenvalue weighted by Gasteiger charge is -2.41. The quantitative estimate of drug-likeness (QED) is 0.847. The van der Waals surface area contributed by atoms with Crippen molar-refractivity contribution in [1.82, 2.24) is 4.90 Å². The van der Waals surface area contributed by atoms with E-state index in [0.717, 1.165) is 19.4 Å². The van der Waals surface area contributed by atoms with E-state index in [0.29, 0.717) is 30.2 Å². The van der Waals surface area contributed by atoms with Crippen molar-refractivity contribution < 1.29 is 9.53 Å². The molecule has 3 fully saturated rings. The van der Waals surface area contributed by atoms with Crippen LogP contribution in [0.3, 0.4) is 0 Å². The van der Waals surface area contributed by atoms with Crippen molar-refractivity contribution >= 4 is 5.91 Å². The molecular formula is C20H27NO2. The van der Waals surface area contributed by atoms with Gasteiger partial charge in [-0.15, -0.1) is 0 Å². The topological polar surface area (TPSA) is 29.5 Å². The molecule has 3 unspecified atom stereocenters. The van der Waals surface area contributed by atoms with Crippen LogP contribution in [-0.4, -0.2) is 36.1 Å². The van der Waals surface area contributed by atoms with Gasteiger partial charge < -0.3 is 9.64 Å². The van der Waals surface area contributed by atoms with E-state index in [1.54, 1.807) is 7.11 Å². The summed E-state index contributed by atoms with van der Waals surface area (Å²) in [5, 5.41) is 0. The van der Waals surface area contributed by atoms with Gasteiger partial charge in [0.15, 0.2) is 0 Å². The number of rotatable bonds is 4. The van der Waals surface area contributed by atoms with Gasteiger partial charge in [-0.2, -0.15) is 0 Å². The van der Waals surface area contributed by atoms with E-state index in [2.05, 4.69) is 35.2 Å². The summed E-state index contributed by atoms with van der Waals surface area (Å²) < 4.78 is 5.68. The molecule has 0 radical (unpaired) electrons. The average Bonchev–Trinajstić information content (AvgIpc) is 3.13. The zero-order valence-electron chi connectivity index (χ0n) is 14.0. The molecule has 3 aliphatic rings. The second-order valence-electron chi connectivity index (χ2n) is 7.64. The van der Waals surface area contributed by atoms with E-state index in [1.807, 2.05) is 0 Å². The molecular weight excluding hydrogens is 286 g/mol. The maximum atomic E-state index is 13.0. The fraction of sp³-hybridized carbons (Fsp3) is 0.650. The number of likely N-dealkylation sites (tertiary alicyclic amines) is 1. The van der Waals surface area contributed by atoms with E-state index >= 15 is 0 Å². The third-order valence-electron chi connectivity index (χ3n) is 6.56. The number of benzene rings is 1. The smallest absolute Gasteiger partial charge is 0.225 e. The predicted octanol–water partition coefficient (Wildman–Crippen LogP) is 3.74. The minimum absolute atomic E-state index is 0.157. The number of hydrogen-bond donors (Lipinski definition) is 0. The predicted molar refractivity (Wildman–Crippen MR) is 90.2 cm³/mol. The summed E-state index contributed by atoms with van der Waals surface area (Å²) in [4.78, 5) is 15.2. The molecule has 1 aromatic carbocycles. The number of ether oxygens (including phenoxy) is 1. The summed E-state index contributed by atoms with van der Waals surface area (Å²) in [7, 11) is 1.77. The SMILES string of the molecule is COC1(CC(=O)N2CC(c3ccccc3)C3CCCC32)CCC1. The molecule has 1 heterocycles. The third-order valence-corrected chi connectivity index (χ3v) is 6.56. The summed E-state index contributed by atoms with van der Waals surface area (Å²) in [6.45, 7) is 0.901. The van der Waals surface area contributed by atoms with Crippen LogP contribution in [0.1, 0.15) is 56.4 Å². The Bertz CT molecular complexity index is 561. The summed E-state index contributed by atoms with van der Waals surface area (Å²) in [5.74, 6) is 1.50. The molecule has 0 N–H and O–H groups in total. The molecule has 3 heteroatoms. The van der Waals surface area contributed by atoms with E-state index in [9.17, 15) is 4.79 Å². The van der Waals surface area contributed by atoms with E-state index < -0.39 is 0 Å². The van der Waals surface area contributed by atoms with Crippen LogP contribution >= 0.6 is 0 Å². The molecule has 1 aromatic rings. The lowest BCUT2D eigenvalue weighted by Crippen LogP contribution is -2.46. The van der Waals surface area contributed by atoms with Crippen LogP contribution in [0, 0.1) is 5.92 Å². The molecule has 1 saturated heterocycles. The number of methoxy groups -OCH3 is 1. The first-order valence-corrected chi connectivity index (χ1v) is 9.12. The molecule has 0 spiro atoms. The molecule has 3 atom stereocenters. The molecule has 3 nitrogen and oxygen atoms in total. The van der Waals surface area contributed by atoms with Crippen molar-refractivity contribution in [2.24, 2.45) is 5.92 Å². The Morgan fingerprint density at radius 2 is 2.00 bits per heavy atom. The van der Waals surface area contributed by atoms with Crippen molar-refractivity contribution in [2.45, 2.75) is 62.5 Å². The van der Waals surface area contributed by atoms with E-state index in [-0.39, 0.29) is 5.60 Å². The first-order chi connectivity index (χ1) is 11.2. The summed E-state index contributed by atoms with van der Waals surface area (Å²) >= 11 is 0. The van der Waals surface area contributed by atoms with Gasteiger partial charge in [-0.1, -0.05) is 36.8 Å². The number of fused-ring (bicyclic) bond motifs is 1. The second kappa shape index (κ2) is 5.94. The molecule has 1 amide bonds. The zero-order valence-corrected chi connectivity index (χ0v) is 14.0. The van der Waals surface area contributed by atoms with Crippen LogP contribution in [0.15, 0.2) is 30.3 Å². The minimum Gasteiger partial charge on any atom is -0.378 e. The molecule has 0 bridgehead atoms. The van der Waals surface area contributed by atoms with Gasteiger partial charge in [0.1, 0.15) is 0 Å². The zero-order chi connectivity index (χ0) is 15.9. The fourth-order valence-electron chi connectivity index (χ4n) is 5.05. The monoisotopic (exact) mass is 313 g/mol. The highest BCUT2D eigenvalue weighted by atomic mass is 16.5. The number of carbonyl (C=O) groups is 1. The van der Waals surface area contributed by atoms with Crippen molar-refractivity contribution in [3.63, 3.8) is 0 Å². The largest absolute Gasteiger partial charge is 0.378 e. The van der Waals surface area contributed by atoms with Crippen molar-refractivity contribution in [3.8, 4) is 0 Å². The number of hydrogen-bond acceptors (Lipinski definition) is 2. The van der Waals surface area contributed by atoms with Gasteiger partial charge in [0.25, 0.3) is 0 Å². The second-order valence-corrected chi connectivity index (χ2v) is 7.64. The maximum Gasteiger partial charge on any atom is 0.225 e.